The van der Waals surface area contributed by atoms with Gasteiger partial charge >= 0.3 is 0 Å². The molecule has 0 aromatic heterocycles. The predicted molar refractivity (Wildman–Crippen MR) is 63.4 cm³/mol. The molecular weight excluding hydrogens is 238 g/mol. The van der Waals surface area contributed by atoms with Gasteiger partial charge in [-0.05, 0) is 35.4 Å². The first-order valence-corrected chi connectivity index (χ1v) is 5.39. The van der Waals surface area contributed by atoms with Crippen molar-refractivity contribution in [3.63, 3.8) is 0 Å². The van der Waals surface area contributed by atoms with Gasteiger partial charge in [0.25, 0.3) is 0 Å². The van der Waals surface area contributed by atoms with Crippen molar-refractivity contribution >= 4 is 0 Å². The third kappa shape index (κ3) is 2.49. The Morgan fingerprint density at radius 1 is 0.944 bits per heavy atom. The second-order valence-corrected chi connectivity index (χ2v) is 3.85. The van der Waals surface area contributed by atoms with Crippen LogP contribution in [0.1, 0.15) is 17.2 Å². The van der Waals surface area contributed by atoms with Crippen LogP contribution in [0.2, 0.25) is 0 Å². The van der Waals surface area contributed by atoms with Gasteiger partial charge in [0.05, 0.1) is 7.11 Å². The third-order valence-corrected chi connectivity index (χ3v) is 2.69. The Kier molecular flexibility index (Phi) is 3.58. The van der Waals surface area contributed by atoms with Crippen molar-refractivity contribution in [3.05, 3.63) is 65.2 Å². The van der Waals surface area contributed by atoms with E-state index in [9.17, 15) is 13.9 Å². The molecule has 0 aliphatic heterocycles. The lowest BCUT2D eigenvalue weighted by Crippen LogP contribution is -2.01. The molecule has 0 fully saturated rings. The fourth-order valence-electron chi connectivity index (χ4n) is 1.66. The van der Waals surface area contributed by atoms with Gasteiger partial charge in [0, 0.05) is 0 Å². The van der Waals surface area contributed by atoms with Crippen LogP contribution in [0.4, 0.5) is 8.78 Å². The first-order chi connectivity index (χ1) is 8.61. The third-order valence-electron chi connectivity index (χ3n) is 2.69. The molecule has 1 atom stereocenters. The number of methoxy groups -OCH3 is 1. The van der Waals surface area contributed by atoms with Crippen LogP contribution in [0.15, 0.2) is 42.5 Å². The molecule has 0 aliphatic carbocycles. The minimum absolute atomic E-state index is 0.305. The van der Waals surface area contributed by atoms with Crippen molar-refractivity contribution < 1.29 is 18.6 Å². The summed E-state index contributed by atoms with van der Waals surface area (Å²) in [6, 6.07) is 10.1. The summed E-state index contributed by atoms with van der Waals surface area (Å²) in [6.45, 7) is 0. The molecule has 0 aliphatic rings. The molecule has 4 heteroatoms. The highest BCUT2D eigenvalue weighted by atomic mass is 19.2. The number of rotatable bonds is 3. The number of benzene rings is 2. The van der Waals surface area contributed by atoms with Crippen molar-refractivity contribution in [2.75, 3.05) is 7.11 Å². The summed E-state index contributed by atoms with van der Waals surface area (Å²) >= 11 is 0. The van der Waals surface area contributed by atoms with E-state index in [0.29, 0.717) is 16.9 Å². The number of aliphatic hydroxyl groups is 1. The topological polar surface area (TPSA) is 29.5 Å². The Hall–Kier alpha value is -1.94. The van der Waals surface area contributed by atoms with E-state index in [1.165, 1.54) is 6.07 Å². The van der Waals surface area contributed by atoms with Crippen LogP contribution in [-0.4, -0.2) is 12.2 Å². The van der Waals surface area contributed by atoms with Gasteiger partial charge in [0.2, 0.25) is 0 Å². The van der Waals surface area contributed by atoms with E-state index in [4.69, 9.17) is 4.74 Å². The maximum atomic E-state index is 13.1. The van der Waals surface area contributed by atoms with E-state index in [1.54, 1.807) is 31.4 Å². The molecule has 18 heavy (non-hydrogen) atoms. The molecule has 94 valence electrons. The number of halogens is 2. The highest BCUT2D eigenvalue weighted by Gasteiger charge is 2.13. The van der Waals surface area contributed by atoms with E-state index >= 15 is 0 Å². The Morgan fingerprint density at radius 2 is 1.56 bits per heavy atom. The maximum absolute atomic E-state index is 13.1. The van der Waals surface area contributed by atoms with Crippen LogP contribution < -0.4 is 4.74 Å². The van der Waals surface area contributed by atoms with Crippen LogP contribution in [0, 0.1) is 11.6 Å². The minimum atomic E-state index is -0.994. The molecule has 2 rings (SSSR count). The van der Waals surface area contributed by atoms with Crippen LogP contribution in [0.3, 0.4) is 0 Å². The zero-order valence-corrected chi connectivity index (χ0v) is 9.73. The second kappa shape index (κ2) is 5.14. The number of aliphatic hydroxyl groups excluding tert-OH is 1. The Labute approximate surface area is 103 Å². The van der Waals surface area contributed by atoms with E-state index < -0.39 is 17.7 Å². The number of hydrogen-bond donors (Lipinski definition) is 1. The number of ether oxygens (including phenoxy) is 1. The van der Waals surface area contributed by atoms with Gasteiger partial charge in [-0.1, -0.05) is 18.2 Å². The van der Waals surface area contributed by atoms with Crippen LogP contribution in [-0.2, 0) is 0 Å². The van der Waals surface area contributed by atoms with Crippen LogP contribution in [0.5, 0.6) is 5.75 Å². The predicted octanol–water partition coefficient (Wildman–Crippen LogP) is 3.06. The van der Waals surface area contributed by atoms with Gasteiger partial charge in [-0.2, -0.15) is 0 Å². The Morgan fingerprint density at radius 3 is 2.11 bits per heavy atom. The van der Waals surface area contributed by atoms with E-state index in [0.717, 1.165) is 12.1 Å². The lowest BCUT2D eigenvalue weighted by Gasteiger charge is -2.12. The van der Waals surface area contributed by atoms with E-state index in [2.05, 4.69) is 0 Å². The summed E-state index contributed by atoms with van der Waals surface area (Å²) in [5.41, 5.74) is 0.890. The van der Waals surface area contributed by atoms with Gasteiger partial charge in [0.1, 0.15) is 11.9 Å². The molecule has 0 radical (unpaired) electrons. The average molecular weight is 250 g/mol. The van der Waals surface area contributed by atoms with Crippen molar-refractivity contribution in [2.24, 2.45) is 0 Å². The van der Waals surface area contributed by atoms with Gasteiger partial charge < -0.3 is 9.84 Å². The minimum Gasteiger partial charge on any atom is -0.497 e. The van der Waals surface area contributed by atoms with E-state index in [1.807, 2.05) is 0 Å². The lowest BCUT2D eigenvalue weighted by atomic mass is 10.0. The van der Waals surface area contributed by atoms with Crippen molar-refractivity contribution in [1.82, 2.24) is 0 Å². The standard InChI is InChI=1S/C14H12F2O2/c1-18-11-5-2-9(3-6-11)14(17)10-4-7-12(15)13(16)8-10/h2-8,14,17H,1H3. The molecule has 1 unspecified atom stereocenters. The largest absolute Gasteiger partial charge is 0.497 e. The summed E-state index contributed by atoms with van der Waals surface area (Å²) in [5.74, 6) is -1.24. The van der Waals surface area contributed by atoms with Gasteiger partial charge in [0.15, 0.2) is 11.6 Å². The first-order valence-electron chi connectivity index (χ1n) is 5.39. The highest BCUT2D eigenvalue weighted by molar-refractivity contribution is 5.34. The monoisotopic (exact) mass is 250 g/mol. The highest BCUT2D eigenvalue weighted by Crippen LogP contribution is 2.24. The zero-order valence-electron chi connectivity index (χ0n) is 9.73. The maximum Gasteiger partial charge on any atom is 0.159 e. The first kappa shape index (κ1) is 12.5. The van der Waals surface area contributed by atoms with Crippen molar-refractivity contribution in [3.8, 4) is 5.75 Å². The summed E-state index contributed by atoms with van der Waals surface area (Å²) in [6.07, 6.45) is -0.994. The summed E-state index contributed by atoms with van der Waals surface area (Å²) in [4.78, 5) is 0. The Bertz CT molecular complexity index is 538. The van der Waals surface area contributed by atoms with Gasteiger partial charge in [-0.25, -0.2) is 8.78 Å². The van der Waals surface area contributed by atoms with Crippen LogP contribution >= 0.6 is 0 Å². The fraction of sp³-hybridized carbons (Fsp3) is 0.143. The molecule has 0 spiro atoms. The van der Waals surface area contributed by atoms with Crippen LogP contribution in [0.25, 0.3) is 0 Å². The molecule has 0 saturated carbocycles. The molecule has 1 N–H and O–H groups in total. The van der Waals surface area contributed by atoms with Gasteiger partial charge in [-0.3, -0.25) is 0 Å². The van der Waals surface area contributed by atoms with Crippen molar-refractivity contribution in [2.45, 2.75) is 6.10 Å². The molecule has 2 aromatic rings. The molecule has 0 heterocycles. The summed E-state index contributed by atoms with van der Waals surface area (Å²) in [7, 11) is 1.54. The fourth-order valence-corrected chi connectivity index (χ4v) is 1.66. The molecule has 2 aromatic carbocycles. The molecule has 2 nitrogen and oxygen atoms in total. The zero-order chi connectivity index (χ0) is 13.1. The smallest absolute Gasteiger partial charge is 0.159 e. The average Bonchev–Trinajstić information content (AvgIpc) is 2.41. The van der Waals surface area contributed by atoms with E-state index in [-0.39, 0.29) is 0 Å². The second-order valence-electron chi connectivity index (χ2n) is 3.85. The molecule has 0 saturated heterocycles. The van der Waals surface area contributed by atoms with Crippen molar-refractivity contribution in [1.29, 1.82) is 0 Å². The molecule has 0 bridgehead atoms. The normalized spacial score (nSPS) is 12.2. The summed E-state index contributed by atoms with van der Waals surface area (Å²) in [5, 5.41) is 10.0. The molecule has 0 amide bonds. The van der Waals surface area contributed by atoms with Gasteiger partial charge in [-0.15, -0.1) is 0 Å². The Balaban J connectivity index is 2.28. The quantitative estimate of drug-likeness (QED) is 0.907. The summed E-state index contributed by atoms with van der Waals surface area (Å²) < 4.78 is 30.9. The lowest BCUT2D eigenvalue weighted by molar-refractivity contribution is 0.219. The molecular formula is C14H12F2O2. The number of hydrogen-bond acceptors (Lipinski definition) is 2. The SMILES string of the molecule is COc1ccc(C(O)c2ccc(F)c(F)c2)cc1.